The first kappa shape index (κ1) is 13.7. The Hall–Kier alpha value is -1.22. The van der Waals surface area contributed by atoms with Crippen molar-refractivity contribution >= 4 is 23.3 Å². The molecule has 2 amide bonds. The Kier molecular flexibility index (Phi) is 3.88. The van der Waals surface area contributed by atoms with Gasteiger partial charge in [-0.05, 0) is 29.5 Å². The Labute approximate surface area is 125 Å². The molecule has 1 aromatic carbocycles. The lowest BCUT2D eigenvalue weighted by atomic mass is 9.96. The number of hydrogen-bond acceptors (Lipinski definition) is 1. The van der Waals surface area contributed by atoms with Crippen LogP contribution < -0.4 is 5.32 Å². The normalized spacial score (nSPS) is 20.7. The van der Waals surface area contributed by atoms with E-state index in [-0.39, 0.29) is 11.4 Å². The van der Waals surface area contributed by atoms with Crippen LogP contribution in [0.3, 0.4) is 0 Å². The van der Waals surface area contributed by atoms with Gasteiger partial charge in [-0.1, -0.05) is 37.8 Å². The van der Waals surface area contributed by atoms with Crippen LogP contribution in [0.5, 0.6) is 0 Å². The lowest BCUT2D eigenvalue weighted by Crippen LogP contribution is -2.35. The van der Waals surface area contributed by atoms with Gasteiger partial charge in [-0.3, -0.25) is 0 Å². The minimum Gasteiger partial charge on any atom is -0.323 e. The predicted molar refractivity (Wildman–Crippen MR) is 82.1 cm³/mol. The molecule has 1 N–H and O–H groups in total. The van der Waals surface area contributed by atoms with E-state index in [2.05, 4.69) is 17.4 Å². The number of carbonyl (C=O) groups is 1. The fourth-order valence-corrected chi connectivity index (χ4v) is 3.66. The second kappa shape index (κ2) is 5.65. The number of rotatable bonds is 3. The molecular formula is C16H21ClN2O. The molecule has 20 heavy (non-hydrogen) atoms. The zero-order chi connectivity index (χ0) is 14.1. The van der Waals surface area contributed by atoms with Gasteiger partial charge in [0.2, 0.25) is 0 Å². The lowest BCUT2D eigenvalue weighted by Gasteiger charge is -2.27. The van der Waals surface area contributed by atoms with Gasteiger partial charge in [-0.15, -0.1) is 11.6 Å². The van der Waals surface area contributed by atoms with Gasteiger partial charge < -0.3 is 10.2 Å². The minimum atomic E-state index is -0.0429. The number of carbonyl (C=O) groups excluding carboxylic acids is 1. The Morgan fingerprint density at radius 3 is 2.90 bits per heavy atom. The molecule has 1 atom stereocenters. The summed E-state index contributed by atoms with van der Waals surface area (Å²) in [5.41, 5.74) is 3.25. The second-order valence-electron chi connectivity index (χ2n) is 6.06. The molecule has 1 heterocycles. The number of fused-ring (bicyclic) bond motifs is 1. The Morgan fingerprint density at radius 2 is 2.15 bits per heavy atom. The van der Waals surface area contributed by atoms with E-state index in [1.54, 1.807) is 4.90 Å². The molecule has 4 heteroatoms. The Bertz CT molecular complexity index is 511. The summed E-state index contributed by atoms with van der Waals surface area (Å²) in [7, 11) is 1.81. The maximum atomic E-state index is 11.6. The van der Waals surface area contributed by atoms with E-state index >= 15 is 0 Å². The van der Waals surface area contributed by atoms with Crippen molar-refractivity contribution in [2.24, 2.45) is 5.92 Å². The topological polar surface area (TPSA) is 32.3 Å². The van der Waals surface area contributed by atoms with Crippen LogP contribution in [0, 0.1) is 5.92 Å². The van der Waals surface area contributed by atoms with Crippen molar-refractivity contribution in [3.8, 4) is 0 Å². The van der Waals surface area contributed by atoms with E-state index < -0.39 is 0 Å². The molecule has 1 unspecified atom stereocenters. The smallest absolute Gasteiger partial charge is 0.321 e. The highest BCUT2D eigenvalue weighted by molar-refractivity contribution is 6.20. The van der Waals surface area contributed by atoms with Crippen molar-refractivity contribution in [2.75, 3.05) is 12.4 Å². The van der Waals surface area contributed by atoms with Crippen molar-refractivity contribution < 1.29 is 4.79 Å². The predicted octanol–water partition coefficient (Wildman–Crippen LogP) is 4.52. The van der Waals surface area contributed by atoms with Crippen LogP contribution in [0.1, 0.15) is 48.6 Å². The molecular weight excluding hydrogens is 272 g/mol. The van der Waals surface area contributed by atoms with Gasteiger partial charge in [0, 0.05) is 19.3 Å². The molecule has 0 saturated heterocycles. The molecule has 1 aliphatic heterocycles. The number of alkyl halides is 1. The molecule has 3 rings (SSSR count). The minimum absolute atomic E-state index is 0.0429. The summed E-state index contributed by atoms with van der Waals surface area (Å²) in [5, 5.41) is 2.98. The van der Waals surface area contributed by atoms with E-state index in [9.17, 15) is 4.79 Å². The van der Waals surface area contributed by atoms with Gasteiger partial charge in [0.05, 0.1) is 5.38 Å². The van der Waals surface area contributed by atoms with E-state index in [0.717, 1.165) is 23.6 Å². The maximum Gasteiger partial charge on any atom is 0.321 e. The molecule has 1 aromatic rings. The molecule has 0 spiro atoms. The SMILES string of the molecule is CN1Cc2cc(C(Cl)CC3CCCC3)ccc2NC1=O. The van der Waals surface area contributed by atoms with E-state index in [1.165, 1.54) is 31.2 Å². The highest BCUT2D eigenvalue weighted by Crippen LogP contribution is 2.37. The van der Waals surface area contributed by atoms with E-state index in [4.69, 9.17) is 11.6 Å². The van der Waals surface area contributed by atoms with Crippen LogP contribution in [-0.2, 0) is 6.54 Å². The zero-order valence-corrected chi connectivity index (χ0v) is 12.6. The molecule has 2 aliphatic rings. The average molecular weight is 293 g/mol. The van der Waals surface area contributed by atoms with E-state index in [0.29, 0.717) is 6.54 Å². The second-order valence-corrected chi connectivity index (χ2v) is 6.58. The average Bonchev–Trinajstić information content (AvgIpc) is 2.92. The van der Waals surface area contributed by atoms with Gasteiger partial charge in [0.15, 0.2) is 0 Å². The van der Waals surface area contributed by atoms with Crippen LogP contribution in [0.2, 0.25) is 0 Å². The lowest BCUT2D eigenvalue weighted by molar-refractivity contribution is 0.218. The largest absolute Gasteiger partial charge is 0.323 e. The van der Waals surface area contributed by atoms with Crippen molar-refractivity contribution in [1.29, 1.82) is 0 Å². The van der Waals surface area contributed by atoms with Gasteiger partial charge in [-0.25, -0.2) is 4.79 Å². The molecule has 108 valence electrons. The number of halogens is 1. The summed E-state index contributed by atoms with van der Waals surface area (Å²) in [6.45, 7) is 0.655. The van der Waals surface area contributed by atoms with Gasteiger partial charge >= 0.3 is 6.03 Å². The van der Waals surface area contributed by atoms with Crippen LogP contribution in [-0.4, -0.2) is 18.0 Å². The number of nitrogens with one attached hydrogen (secondary N) is 1. The summed E-state index contributed by atoms with van der Waals surface area (Å²) in [6.07, 6.45) is 6.44. The first-order valence-electron chi connectivity index (χ1n) is 7.42. The summed E-state index contributed by atoms with van der Waals surface area (Å²) in [5.74, 6) is 0.788. The summed E-state index contributed by atoms with van der Waals surface area (Å²) in [6, 6.07) is 6.15. The Morgan fingerprint density at radius 1 is 1.40 bits per heavy atom. The van der Waals surface area contributed by atoms with Gasteiger partial charge in [0.25, 0.3) is 0 Å². The third kappa shape index (κ3) is 2.78. The first-order valence-corrected chi connectivity index (χ1v) is 7.86. The third-order valence-electron chi connectivity index (χ3n) is 4.50. The molecule has 1 fully saturated rings. The van der Waals surface area contributed by atoms with Crippen LogP contribution in [0.25, 0.3) is 0 Å². The maximum absolute atomic E-state index is 11.6. The molecule has 3 nitrogen and oxygen atoms in total. The fourth-order valence-electron chi connectivity index (χ4n) is 3.27. The molecule has 0 aromatic heterocycles. The van der Waals surface area contributed by atoms with Crippen molar-refractivity contribution in [3.63, 3.8) is 0 Å². The quantitative estimate of drug-likeness (QED) is 0.816. The number of benzene rings is 1. The van der Waals surface area contributed by atoms with Crippen molar-refractivity contribution in [2.45, 2.75) is 44.0 Å². The van der Waals surface area contributed by atoms with Crippen LogP contribution in [0.15, 0.2) is 18.2 Å². The number of urea groups is 1. The monoisotopic (exact) mass is 292 g/mol. The number of hydrogen-bond donors (Lipinski definition) is 1. The number of anilines is 1. The number of amides is 2. The summed E-state index contributed by atoms with van der Waals surface area (Å²) in [4.78, 5) is 13.3. The molecule has 0 radical (unpaired) electrons. The zero-order valence-electron chi connectivity index (χ0n) is 11.9. The van der Waals surface area contributed by atoms with E-state index in [1.807, 2.05) is 13.1 Å². The summed E-state index contributed by atoms with van der Waals surface area (Å²) >= 11 is 6.59. The highest BCUT2D eigenvalue weighted by atomic mass is 35.5. The van der Waals surface area contributed by atoms with Crippen molar-refractivity contribution in [3.05, 3.63) is 29.3 Å². The fraction of sp³-hybridized carbons (Fsp3) is 0.562. The van der Waals surface area contributed by atoms with Gasteiger partial charge in [0.1, 0.15) is 0 Å². The first-order chi connectivity index (χ1) is 9.63. The highest BCUT2D eigenvalue weighted by Gasteiger charge is 2.23. The van der Waals surface area contributed by atoms with Gasteiger partial charge in [-0.2, -0.15) is 0 Å². The van der Waals surface area contributed by atoms with Crippen molar-refractivity contribution in [1.82, 2.24) is 4.90 Å². The number of nitrogens with zero attached hydrogens (tertiary/aromatic N) is 1. The molecule has 1 aliphatic carbocycles. The third-order valence-corrected chi connectivity index (χ3v) is 4.93. The molecule has 0 bridgehead atoms. The van der Waals surface area contributed by atoms with Crippen LogP contribution >= 0.6 is 11.6 Å². The van der Waals surface area contributed by atoms with Crippen LogP contribution in [0.4, 0.5) is 10.5 Å². The standard InChI is InChI=1S/C16H21ClN2O/c1-19-10-13-9-12(6-7-15(13)18-16(19)20)14(17)8-11-4-2-3-5-11/h6-7,9,11,14H,2-5,8,10H2,1H3,(H,18,20). The Balaban J connectivity index is 1.74. The molecule has 1 saturated carbocycles. The summed E-state index contributed by atoms with van der Waals surface area (Å²) < 4.78 is 0.